The quantitative estimate of drug-likeness (QED) is 0.817. The lowest BCUT2D eigenvalue weighted by Gasteiger charge is -2.09. The number of carboxylic acids is 1. The fourth-order valence-electron chi connectivity index (χ4n) is 1.96. The van der Waals surface area contributed by atoms with Crippen LogP contribution in [-0.2, 0) is 6.42 Å². The van der Waals surface area contributed by atoms with Crippen LogP contribution in [0.25, 0.3) is 0 Å². The van der Waals surface area contributed by atoms with Gasteiger partial charge in [0.05, 0.1) is 6.61 Å². The van der Waals surface area contributed by atoms with E-state index in [9.17, 15) is 4.79 Å². The second-order valence-electron chi connectivity index (χ2n) is 4.75. The Labute approximate surface area is 129 Å². The standard InChI is InChI=1S/C16H19N3O3/c1-3-17-15-10-12(16(20)21)18-14(19-15)8-9-22-13-7-5-4-6-11(13)2/h4-7,10H,3,8-9H2,1-2H3,(H,20,21)(H,17,18,19). The number of nitrogens with one attached hydrogen (secondary N) is 1. The highest BCUT2D eigenvalue weighted by molar-refractivity contribution is 5.86. The van der Waals surface area contributed by atoms with Gasteiger partial charge in [-0.3, -0.25) is 0 Å². The fraction of sp³-hybridized carbons (Fsp3) is 0.312. The average molecular weight is 301 g/mol. The van der Waals surface area contributed by atoms with E-state index in [1.54, 1.807) is 0 Å². The minimum absolute atomic E-state index is 0.0168. The Morgan fingerprint density at radius 3 is 2.77 bits per heavy atom. The van der Waals surface area contributed by atoms with Gasteiger partial charge in [0.15, 0.2) is 5.69 Å². The van der Waals surface area contributed by atoms with Crippen LogP contribution in [0.1, 0.15) is 28.8 Å². The van der Waals surface area contributed by atoms with Crippen LogP contribution in [0.3, 0.4) is 0 Å². The summed E-state index contributed by atoms with van der Waals surface area (Å²) >= 11 is 0. The molecular weight excluding hydrogens is 282 g/mol. The van der Waals surface area contributed by atoms with Crippen molar-refractivity contribution < 1.29 is 14.6 Å². The van der Waals surface area contributed by atoms with E-state index in [0.717, 1.165) is 11.3 Å². The number of para-hydroxylation sites is 1. The Hall–Kier alpha value is -2.63. The van der Waals surface area contributed by atoms with Gasteiger partial charge in [0, 0.05) is 19.0 Å². The summed E-state index contributed by atoms with van der Waals surface area (Å²) in [6.07, 6.45) is 0.438. The Morgan fingerprint density at radius 2 is 2.09 bits per heavy atom. The maximum absolute atomic E-state index is 11.1. The molecule has 116 valence electrons. The first-order chi connectivity index (χ1) is 10.6. The van der Waals surface area contributed by atoms with E-state index in [0.29, 0.717) is 31.2 Å². The first-order valence-electron chi connectivity index (χ1n) is 7.13. The number of carboxylic acid groups (broad SMARTS) is 1. The molecule has 0 amide bonds. The van der Waals surface area contributed by atoms with Crippen LogP contribution in [0, 0.1) is 6.92 Å². The number of nitrogens with zero attached hydrogens (tertiary/aromatic N) is 2. The van der Waals surface area contributed by atoms with Crippen LogP contribution in [0.15, 0.2) is 30.3 Å². The monoisotopic (exact) mass is 301 g/mol. The molecule has 2 N–H and O–H groups in total. The molecule has 0 saturated heterocycles. The molecule has 2 rings (SSSR count). The van der Waals surface area contributed by atoms with Gasteiger partial charge >= 0.3 is 5.97 Å². The van der Waals surface area contributed by atoms with E-state index >= 15 is 0 Å². The van der Waals surface area contributed by atoms with Gasteiger partial charge in [-0.2, -0.15) is 0 Å². The summed E-state index contributed by atoms with van der Waals surface area (Å²) in [4.78, 5) is 19.4. The first-order valence-corrected chi connectivity index (χ1v) is 7.13. The average Bonchev–Trinajstić information content (AvgIpc) is 2.49. The third kappa shape index (κ3) is 4.18. The molecule has 6 nitrogen and oxygen atoms in total. The number of carbonyl (C=O) groups is 1. The zero-order valence-corrected chi connectivity index (χ0v) is 12.7. The number of anilines is 1. The highest BCUT2D eigenvalue weighted by Crippen LogP contribution is 2.16. The van der Waals surface area contributed by atoms with Gasteiger partial charge in [-0.1, -0.05) is 18.2 Å². The SMILES string of the molecule is CCNc1cc(C(=O)O)nc(CCOc2ccccc2C)n1. The molecule has 0 fully saturated rings. The van der Waals surface area contributed by atoms with Gasteiger partial charge in [-0.05, 0) is 25.5 Å². The summed E-state index contributed by atoms with van der Waals surface area (Å²) in [6.45, 7) is 4.94. The van der Waals surface area contributed by atoms with Crippen molar-refractivity contribution in [2.45, 2.75) is 20.3 Å². The molecule has 0 bridgehead atoms. The second-order valence-corrected chi connectivity index (χ2v) is 4.75. The molecule has 0 spiro atoms. The van der Waals surface area contributed by atoms with Gasteiger partial charge in [-0.25, -0.2) is 14.8 Å². The number of benzene rings is 1. The van der Waals surface area contributed by atoms with E-state index in [1.807, 2.05) is 38.1 Å². The molecule has 0 aliphatic carbocycles. The van der Waals surface area contributed by atoms with Crippen molar-refractivity contribution in [1.29, 1.82) is 0 Å². The molecule has 1 aromatic heterocycles. The summed E-state index contributed by atoms with van der Waals surface area (Å²) in [5.41, 5.74) is 1.04. The van der Waals surface area contributed by atoms with E-state index in [4.69, 9.17) is 9.84 Å². The third-order valence-corrected chi connectivity index (χ3v) is 3.03. The highest BCUT2D eigenvalue weighted by Gasteiger charge is 2.10. The van der Waals surface area contributed by atoms with Crippen LogP contribution in [0.5, 0.6) is 5.75 Å². The normalized spacial score (nSPS) is 10.3. The third-order valence-electron chi connectivity index (χ3n) is 3.03. The fourth-order valence-corrected chi connectivity index (χ4v) is 1.96. The van der Waals surface area contributed by atoms with Gasteiger partial charge in [-0.15, -0.1) is 0 Å². The summed E-state index contributed by atoms with van der Waals surface area (Å²) < 4.78 is 5.69. The molecule has 0 unspecified atom stereocenters. The number of ether oxygens (including phenoxy) is 1. The Kier molecular flexibility index (Phi) is 5.30. The topological polar surface area (TPSA) is 84.3 Å². The van der Waals surface area contributed by atoms with Gasteiger partial charge < -0.3 is 15.2 Å². The molecule has 6 heteroatoms. The maximum Gasteiger partial charge on any atom is 0.354 e. The number of hydrogen-bond acceptors (Lipinski definition) is 5. The van der Waals surface area contributed by atoms with Gasteiger partial charge in [0.2, 0.25) is 0 Å². The zero-order chi connectivity index (χ0) is 15.9. The van der Waals surface area contributed by atoms with Crippen molar-refractivity contribution in [2.24, 2.45) is 0 Å². The minimum atomic E-state index is -1.07. The van der Waals surface area contributed by atoms with Crippen molar-refractivity contribution in [3.05, 3.63) is 47.4 Å². The van der Waals surface area contributed by atoms with Crippen LogP contribution in [0.2, 0.25) is 0 Å². The lowest BCUT2D eigenvalue weighted by Crippen LogP contribution is -2.12. The summed E-state index contributed by atoms with van der Waals surface area (Å²) in [7, 11) is 0. The second kappa shape index (κ2) is 7.40. The van der Waals surface area contributed by atoms with E-state index in [1.165, 1.54) is 6.07 Å². The Bertz CT molecular complexity index is 659. The number of aromatic carboxylic acids is 1. The molecule has 0 aliphatic rings. The Morgan fingerprint density at radius 1 is 1.32 bits per heavy atom. The van der Waals surface area contributed by atoms with Crippen LogP contribution in [-0.4, -0.2) is 34.2 Å². The summed E-state index contributed by atoms with van der Waals surface area (Å²) in [6, 6.07) is 9.16. The predicted octanol–water partition coefficient (Wildman–Crippen LogP) is 2.54. The molecule has 1 aromatic carbocycles. The van der Waals surface area contributed by atoms with Gasteiger partial charge in [0.1, 0.15) is 17.4 Å². The lowest BCUT2D eigenvalue weighted by atomic mass is 10.2. The smallest absolute Gasteiger partial charge is 0.354 e. The zero-order valence-electron chi connectivity index (χ0n) is 12.7. The van der Waals surface area contributed by atoms with Crippen molar-refractivity contribution in [3.63, 3.8) is 0 Å². The van der Waals surface area contributed by atoms with Crippen LogP contribution < -0.4 is 10.1 Å². The Balaban J connectivity index is 2.05. The van der Waals surface area contributed by atoms with E-state index in [-0.39, 0.29) is 5.69 Å². The van der Waals surface area contributed by atoms with Crippen molar-refractivity contribution in [2.75, 3.05) is 18.5 Å². The molecule has 22 heavy (non-hydrogen) atoms. The van der Waals surface area contributed by atoms with E-state index < -0.39 is 5.97 Å². The van der Waals surface area contributed by atoms with Crippen LogP contribution >= 0.6 is 0 Å². The molecule has 0 atom stereocenters. The van der Waals surface area contributed by atoms with Gasteiger partial charge in [0.25, 0.3) is 0 Å². The number of aromatic nitrogens is 2. The molecule has 0 aliphatic heterocycles. The minimum Gasteiger partial charge on any atom is -0.493 e. The number of rotatable bonds is 7. The maximum atomic E-state index is 11.1. The molecule has 1 heterocycles. The predicted molar refractivity (Wildman–Crippen MR) is 83.5 cm³/mol. The highest BCUT2D eigenvalue weighted by atomic mass is 16.5. The number of hydrogen-bond donors (Lipinski definition) is 2. The number of aryl methyl sites for hydroxylation is 1. The lowest BCUT2D eigenvalue weighted by molar-refractivity contribution is 0.0690. The van der Waals surface area contributed by atoms with E-state index in [2.05, 4.69) is 15.3 Å². The van der Waals surface area contributed by atoms with Crippen molar-refractivity contribution in [3.8, 4) is 5.75 Å². The largest absolute Gasteiger partial charge is 0.493 e. The van der Waals surface area contributed by atoms with Crippen molar-refractivity contribution >= 4 is 11.8 Å². The van der Waals surface area contributed by atoms with Crippen LogP contribution in [0.4, 0.5) is 5.82 Å². The summed E-state index contributed by atoms with van der Waals surface area (Å²) in [5.74, 6) is 0.705. The molecule has 0 saturated carbocycles. The summed E-state index contributed by atoms with van der Waals surface area (Å²) in [5, 5.41) is 12.1. The molecule has 2 aromatic rings. The molecular formula is C16H19N3O3. The first kappa shape index (κ1) is 15.8. The van der Waals surface area contributed by atoms with Crippen molar-refractivity contribution in [1.82, 2.24) is 9.97 Å². The molecule has 0 radical (unpaired) electrons.